The number of piperazine rings is 1. The zero-order chi connectivity index (χ0) is 30.7. The Morgan fingerprint density at radius 3 is 2.07 bits per heavy atom. The monoisotopic (exact) mass is 595 g/mol. The molecule has 4 amide bonds. The fourth-order valence-corrected chi connectivity index (χ4v) is 5.09. The first-order chi connectivity index (χ1) is 19.7. The maximum absolute atomic E-state index is 13.7. The molecule has 0 bridgehead atoms. The molecule has 1 fully saturated rings. The van der Waals surface area contributed by atoms with Crippen molar-refractivity contribution in [2.24, 2.45) is 0 Å². The number of amides is 4. The van der Waals surface area contributed by atoms with E-state index in [0.717, 1.165) is 11.3 Å². The van der Waals surface area contributed by atoms with Gasteiger partial charge in [0.2, 0.25) is 0 Å². The first-order valence-electron chi connectivity index (χ1n) is 13.5. The standard InChI is InChI=1S/C30H34FN5O5S/c1-29(2,3)41-28(40)36-17-15-35(16-18-36)25(38)23-22(19-9-7-6-8-10-19)32-27(42-23)33-26(39)30(4,5)34-24(37)20-11-13-21(31)14-12-20/h6-14H,15-18H2,1-5H3,(H,34,37)(H,32,33,39). The summed E-state index contributed by atoms with van der Waals surface area (Å²) in [6.07, 6.45) is -0.420. The summed E-state index contributed by atoms with van der Waals surface area (Å²) in [6, 6.07) is 14.1. The molecule has 0 radical (unpaired) electrons. The molecule has 3 aromatic rings. The normalized spacial score (nSPS) is 13.9. The highest BCUT2D eigenvalue weighted by Crippen LogP contribution is 2.33. The maximum Gasteiger partial charge on any atom is 0.410 e. The van der Waals surface area contributed by atoms with Crippen molar-refractivity contribution >= 4 is 40.3 Å². The molecular weight excluding hydrogens is 561 g/mol. The predicted octanol–water partition coefficient (Wildman–Crippen LogP) is 4.79. The summed E-state index contributed by atoms with van der Waals surface area (Å²) in [5.74, 6) is -1.83. The molecule has 42 heavy (non-hydrogen) atoms. The zero-order valence-electron chi connectivity index (χ0n) is 24.2. The van der Waals surface area contributed by atoms with E-state index in [1.807, 2.05) is 30.3 Å². The lowest BCUT2D eigenvalue weighted by Gasteiger charge is -2.35. The maximum atomic E-state index is 13.7. The quantitative estimate of drug-likeness (QED) is 0.423. The van der Waals surface area contributed by atoms with Crippen LogP contribution in [0.25, 0.3) is 11.3 Å². The van der Waals surface area contributed by atoms with E-state index in [0.29, 0.717) is 42.3 Å². The topological polar surface area (TPSA) is 121 Å². The fourth-order valence-electron chi connectivity index (χ4n) is 4.14. The van der Waals surface area contributed by atoms with Gasteiger partial charge in [-0.05, 0) is 58.9 Å². The number of ether oxygens (including phenoxy) is 1. The Morgan fingerprint density at radius 2 is 1.48 bits per heavy atom. The molecule has 2 heterocycles. The lowest BCUT2D eigenvalue weighted by atomic mass is 10.0. The molecule has 0 atom stereocenters. The molecule has 2 aromatic carbocycles. The summed E-state index contributed by atoms with van der Waals surface area (Å²) < 4.78 is 18.7. The van der Waals surface area contributed by atoms with Crippen LogP contribution in [0.4, 0.5) is 14.3 Å². The fraction of sp³-hybridized carbons (Fsp3) is 0.367. The molecule has 0 spiro atoms. The SMILES string of the molecule is CC(C)(C)OC(=O)N1CCN(C(=O)c2sc(NC(=O)C(C)(C)NC(=O)c3ccc(F)cc3)nc2-c2ccccc2)CC1. The number of carbonyl (C=O) groups excluding carboxylic acids is 4. The number of anilines is 1. The number of halogens is 1. The van der Waals surface area contributed by atoms with Crippen molar-refractivity contribution in [3.63, 3.8) is 0 Å². The van der Waals surface area contributed by atoms with Gasteiger partial charge in [-0.1, -0.05) is 41.7 Å². The highest BCUT2D eigenvalue weighted by molar-refractivity contribution is 7.18. The number of nitrogens with zero attached hydrogens (tertiary/aromatic N) is 3. The van der Waals surface area contributed by atoms with E-state index >= 15 is 0 Å². The molecule has 1 aliphatic heterocycles. The zero-order valence-corrected chi connectivity index (χ0v) is 25.0. The van der Waals surface area contributed by atoms with Crippen LogP contribution in [0, 0.1) is 5.82 Å². The number of benzene rings is 2. The lowest BCUT2D eigenvalue weighted by Crippen LogP contribution is -2.52. The number of carbonyl (C=O) groups is 4. The van der Waals surface area contributed by atoms with E-state index in [1.165, 1.54) is 38.1 Å². The average Bonchev–Trinajstić information content (AvgIpc) is 3.36. The number of nitrogens with one attached hydrogen (secondary N) is 2. The largest absolute Gasteiger partial charge is 0.444 e. The van der Waals surface area contributed by atoms with Crippen LogP contribution >= 0.6 is 11.3 Å². The molecule has 1 saturated heterocycles. The van der Waals surface area contributed by atoms with Gasteiger partial charge in [0.25, 0.3) is 17.7 Å². The van der Waals surface area contributed by atoms with Crippen molar-refractivity contribution in [2.75, 3.05) is 31.5 Å². The van der Waals surface area contributed by atoms with Crippen LogP contribution in [0.3, 0.4) is 0 Å². The highest BCUT2D eigenvalue weighted by atomic mass is 32.1. The van der Waals surface area contributed by atoms with Crippen LogP contribution in [0.1, 0.15) is 54.6 Å². The Labute approximate surface area is 247 Å². The van der Waals surface area contributed by atoms with Crippen molar-refractivity contribution in [3.05, 3.63) is 70.9 Å². The predicted molar refractivity (Wildman–Crippen MR) is 158 cm³/mol. The van der Waals surface area contributed by atoms with Crippen LogP contribution in [-0.2, 0) is 9.53 Å². The van der Waals surface area contributed by atoms with Crippen molar-refractivity contribution in [1.82, 2.24) is 20.1 Å². The summed E-state index contributed by atoms with van der Waals surface area (Å²) in [4.78, 5) is 60.2. The summed E-state index contributed by atoms with van der Waals surface area (Å²) in [5.41, 5.74) is -0.641. The minimum Gasteiger partial charge on any atom is -0.444 e. The molecule has 0 saturated carbocycles. The molecule has 222 valence electrons. The van der Waals surface area contributed by atoms with Crippen molar-refractivity contribution in [1.29, 1.82) is 0 Å². The highest BCUT2D eigenvalue weighted by Gasteiger charge is 2.33. The van der Waals surface area contributed by atoms with E-state index in [-0.39, 0.29) is 16.6 Å². The van der Waals surface area contributed by atoms with E-state index < -0.39 is 34.9 Å². The summed E-state index contributed by atoms with van der Waals surface area (Å²) in [6.45, 7) is 9.75. The third-order valence-electron chi connectivity index (χ3n) is 6.41. The van der Waals surface area contributed by atoms with Crippen LogP contribution < -0.4 is 10.6 Å². The number of hydrogen-bond acceptors (Lipinski definition) is 7. The van der Waals surface area contributed by atoms with Crippen molar-refractivity contribution < 1.29 is 28.3 Å². The van der Waals surface area contributed by atoms with Gasteiger partial charge in [-0.15, -0.1) is 0 Å². The van der Waals surface area contributed by atoms with Crippen LogP contribution in [0.15, 0.2) is 54.6 Å². The third kappa shape index (κ3) is 7.49. The lowest BCUT2D eigenvalue weighted by molar-refractivity contribution is -0.120. The van der Waals surface area contributed by atoms with Crippen LogP contribution in [-0.4, -0.2) is 75.9 Å². The summed E-state index contributed by atoms with van der Waals surface area (Å²) >= 11 is 1.04. The van der Waals surface area contributed by atoms with Crippen molar-refractivity contribution in [2.45, 2.75) is 45.8 Å². The van der Waals surface area contributed by atoms with Gasteiger partial charge in [-0.2, -0.15) is 0 Å². The molecule has 1 aromatic heterocycles. The van der Waals surface area contributed by atoms with Gasteiger partial charge >= 0.3 is 6.09 Å². The number of aromatic nitrogens is 1. The molecule has 0 unspecified atom stereocenters. The number of rotatable bonds is 6. The summed E-state index contributed by atoms with van der Waals surface area (Å²) in [7, 11) is 0. The van der Waals surface area contributed by atoms with Gasteiger partial charge in [-0.25, -0.2) is 14.2 Å². The van der Waals surface area contributed by atoms with Gasteiger partial charge in [0.05, 0.1) is 5.69 Å². The van der Waals surface area contributed by atoms with Gasteiger partial charge in [0.1, 0.15) is 21.8 Å². The summed E-state index contributed by atoms with van der Waals surface area (Å²) in [5, 5.41) is 5.58. The Hall–Kier alpha value is -4.32. The molecule has 0 aliphatic carbocycles. The smallest absolute Gasteiger partial charge is 0.410 e. The molecule has 4 rings (SSSR count). The van der Waals surface area contributed by atoms with E-state index in [2.05, 4.69) is 15.6 Å². The van der Waals surface area contributed by atoms with Gasteiger partial charge in [0, 0.05) is 37.3 Å². The van der Waals surface area contributed by atoms with Crippen LogP contribution in [0.5, 0.6) is 0 Å². The van der Waals surface area contributed by atoms with E-state index in [9.17, 15) is 23.6 Å². The van der Waals surface area contributed by atoms with Gasteiger partial charge in [-0.3, -0.25) is 19.7 Å². The second-order valence-electron chi connectivity index (χ2n) is 11.4. The Morgan fingerprint density at radius 1 is 0.881 bits per heavy atom. The molecule has 1 aliphatic rings. The van der Waals surface area contributed by atoms with Crippen LogP contribution in [0.2, 0.25) is 0 Å². The molecule has 10 nitrogen and oxygen atoms in total. The molecule has 12 heteroatoms. The first kappa shape index (κ1) is 30.6. The second-order valence-corrected chi connectivity index (χ2v) is 12.4. The van der Waals surface area contributed by atoms with Gasteiger partial charge < -0.3 is 19.9 Å². The number of hydrogen-bond donors (Lipinski definition) is 2. The number of thiazole rings is 1. The van der Waals surface area contributed by atoms with Crippen molar-refractivity contribution in [3.8, 4) is 11.3 Å². The third-order valence-corrected chi connectivity index (χ3v) is 7.37. The van der Waals surface area contributed by atoms with E-state index in [1.54, 1.807) is 30.6 Å². The van der Waals surface area contributed by atoms with E-state index in [4.69, 9.17) is 4.74 Å². The Balaban J connectivity index is 1.50. The molecule has 2 N–H and O–H groups in total. The second kappa shape index (κ2) is 12.3. The van der Waals surface area contributed by atoms with Gasteiger partial charge in [0.15, 0.2) is 5.13 Å². The Bertz CT molecular complexity index is 1460. The average molecular weight is 596 g/mol. The first-order valence-corrected chi connectivity index (χ1v) is 14.3. The minimum atomic E-state index is -1.35. The molecular formula is C30H34FN5O5S. The minimum absolute atomic E-state index is 0.193. The Kier molecular flexibility index (Phi) is 8.95.